The molecular formula is C24H30N4O4S. The predicted molar refractivity (Wildman–Crippen MR) is 126 cm³/mol. The molecule has 9 heteroatoms. The molecule has 33 heavy (non-hydrogen) atoms. The molecule has 0 bridgehead atoms. The largest absolute Gasteiger partial charge is 0.342 e. The van der Waals surface area contributed by atoms with E-state index in [4.69, 9.17) is 9.71 Å². The summed E-state index contributed by atoms with van der Waals surface area (Å²) in [5.41, 5.74) is 10.2. The molecule has 0 radical (unpaired) electrons. The molecule has 176 valence electrons. The lowest BCUT2D eigenvalue weighted by Gasteiger charge is -2.27. The van der Waals surface area contributed by atoms with Crippen molar-refractivity contribution in [1.29, 1.82) is 0 Å². The fourth-order valence-electron chi connectivity index (χ4n) is 4.44. The van der Waals surface area contributed by atoms with Gasteiger partial charge in [0.1, 0.15) is 0 Å². The molecule has 3 rings (SSSR count). The van der Waals surface area contributed by atoms with Crippen molar-refractivity contribution in [3.63, 3.8) is 0 Å². The molecule has 8 nitrogen and oxygen atoms in total. The van der Waals surface area contributed by atoms with Gasteiger partial charge in [-0.15, -0.1) is 0 Å². The number of rotatable bonds is 11. The fraction of sp³-hybridized carbons (Fsp3) is 0.458. The zero-order valence-corrected chi connectivity index (χ0v) is 20.0. The molecule has 2 aromatic carbocycles. The van der Waals surface area contributed by atoms with Crippen molar-refractivity contribution in [2.75, 3.05) is 19.7 Å². The second kappa shape index (κ2) is 10.4. The summed E-state index contributed by atoms with van der Waals surface area (Å²) in [6.45, 7) is 6.77. The van der Waals surface area contributed by atoms with Crippen molar-refractivity contribution < 1.29 is 17.4 Å². The zero-order chi connectivity index (χ0) is 24.1. The number of hydrogen-bond donors (Lipinski definition) is 0. The van der Waals surface area contributed by atoms with E-state index in [-0.39, 0.29) is 29.7 Å². The van der Waals surface area contributed by atoms with Crippen LogP contribution in [0.4, 0.5) is 0 Å². The number of benzene rings is 2. The topological polar surface area (TPSA) is 112 Å². The zero-order valence-electron chi connectivity index (χ0n) is 19.2. The van der Waals surface area contributed by atoms with Gasteiger partial charge >= 0.3 is 0 Å². The molecule has 1 aliphatic rings. The quantitative estimate of drug-likeness (QED) is 0.207. The van der Waals surface area contributed by atoms with Crippen molar-refractivity contribution in [3.05, 3.63) is 76.2 Å². The second-order valence-corrected chi connectivity index (χ2v) is 9.89. The van der Waals surface area contributed by atoms with Crippen molar-refractivity contribution in [1.82, 2.24) is 4.90 Å². The molecule has 0 N–H and O–H groups in total. The van der Waals surface area contributed by atoms with E-state index < -0.39 is 21.6 Å². The average Bonchev–Trinajstić information content (AvgIpc) is 3.57. The minimum absolute atomic E-state index is 0.00929. The summed E-state index contributed by atoms with van der Waals surface area (Å²) in [6, 6.07) is 15.4. The lowest BCUT2D eigenvalue weighted by atomic mass is 9.88. The number of nitrogens with zero attached hydrogens (tertiary/aromatic N) is 4. The van der Waals surface area contributed by atoms with E-state index in [1.54, 1.807) is 17.0 Å². The Labute approximate surface area is 195 Å². The number of likely N-dealkylation sites (N-methyl/N-ethyl adjacent to an activating group) is 1. The van der Waals surface area contributed by atoms with Gasteiger partial charge in [0.25, 0.3) is 10.1 Å². The van der Waals surface area contributed by atoms with Gasteiger partial charge < -0.3 is 4.90 Å². The van der Waals surface area contributed by atoms with Crippen LogP contribution < -0.4 is 0 Å². The second-order valence-electron chi connectivity index (χ2n) is 8.28. The van der Waals surface area contributed by atoms with Gasteiger partial charge in [-0.25, -0.2) is 0 Å². The van der Waals surface area contributed by atoms with E-state index in [0.29, 0.717) is 19.5 Å². The third-order valence-corrected chi connectivity index (χ3v) is 7.69. The van der Waals surface area contributed by atoms with E-state index in [1.165, 1.54) is 12.1 Å². The summed E-state index contributed by atoms with van der Waals surface area (Å²) >= 11 is 0. The molecule has 0 aliphatic heterocycles. The first-order valence-corrected chi connectivity index (χ1v) is 12.6. The lowest BCUT2D eigenvalue weighted by molar-refractivity contribution is -0.134. The van der Waals surface area contributed by atoms with Gasteiger partial charge in [0.2, 0.25) is 5.91 Å². The highest BCUT2D eigenvalue weighted by atomic mass is 32.2. The number of carbonyl (C=O) groups is 1. The van der Waals surface area contributed by atoms with Crippen LogP contribution in [0.1, 0.15) is 37.8 Å². The van der Waals surface area contributed by atoms with E-state index in [1.807, 2.05) is 51.1 Å². The highest BCUT2D eigenvalue weighted by Crippen LogP contribution is 2.58. The van der Waals surface area contributed by atoms with Crippen LogP contribution in [0.2, 0.25) is 0 Å². The molecule has 2 aromatic rings. The van der Waals surface area contributed by atoms with Gasteiger partial charge in [0.05, 0.1) is 16.9 Å². The smallest absolute Gasteiger partial charge is 0.296 e. The first kappa shape index (κ1) is 24.8. The van der Waals surface area contributed by atoms with Crippen LogP contribution in [0.3, 0.4) is 0 Å². The Kier molecular flexibility index (Phi) is 7.79. The summed E-state index contributed by atoms with van der Waals surface area (Å²) in [5, 5.41) is 3.94. The van der Waals surface area contributed by atoms with E-state index in [9.17, 15) is 13.2 Å². The Bertz CT molecular complexity index is 1110. The number of hydrogen-bond acceptors (Lipinski definition) is 5. The van der Waals surface area contributed by atoms with Crippen LogP contribution >= 0.6 is 0 Å². The highest BCUT2D eigenvalue weighted by molar-refractivity contribution is 7.86. The third kappa shape index (κ3) is 5.21. The molecular weight excluding hydrogens is 440 g/mol. The Morgan fingerprint density at radius 3 is 2.39 bits per heavy atom. The number of amides is 1. The maximum atomic E-state index is 13.5. The van der Waals surface area contributed by atoms with Crippen LogP contribution in [0.15, 0.2) is 64.6 Å². The summed E-state index contributed by atoms with van der Waals surface area (Å²) in [6.07, 6.45) is 0.737. The summed E-state index contributed by atoms with van der Waals surface area (Å²) in [5.74, 6) is -0.218. The van der Waals surface area contributed by atoms with Gasteiger partial charge in [0, 0.05) is 24.0 Å². The number of aryl methyl sites for hydroxylation is 1. The van der Waals surface area contributed by atoms with Crippen molar-refractivity contribution in [2.45, 2.75) is 50.0 Å². The Hall–Kier alpha value is -2.87. The van der Waals surface area contributed by atoms with E-state index in [0.717, 1.165) is 11.1 Å². The Balaban J connectivity index is 1.79. The van der Waals surface area contributed by atoms with Crippen molar-refractivity contribution in [2.24, 2.45) is 11.0 Å². The van der Waals surface area contributed by atoms with Gasteiger partial charge in [-0.3, -0.25) is 8.98 Å². The highest BCUT2D eigenvalue weighted by Gasteiger charge is 2.64. The first-order valence-electron chi connectivity index (χ1n) is 11.1. The Morgan fingerprint density at radius 2 is 1.82 bits per heavy atom. The van der Waals surface area contributed by atoms with Crippen LogP contribution in [-0.4, -0.2) is 45.0 Å². The summed E-state index contributed by atoms with van der Waals surface area (Å²) in [7, 11) is -3.92. The molecule has 1 amide bonds. The standard InChI is InChI=1S/C24H30N4O4S/c1-4-28(5-2)23(29)24(19-9-7-6-8-10-19)17-21(24)22(26-27-25)15-16-32-33(30,31)20-13-11-18(3)12-14-20/h6-14,21-22H,4-5,15-17H2,1-3H3/t21-,22-,24+/m0/s1. The van der Waals surface area contributed by atoms with Crippen LogP contribution in [0.5, 0.6) is 0 Å². The summed E-state index contributed by atoms with van der Waals surface area (Å²) < 4.78 is 30.2. The van der Waals surface area contributed by atoms with Crippen LogP contribution in [0.25, 0.3) is 10.4 Å². The molecule has 0 heterocycles. The van der Waals surface area contributed by atoms with Crippen molar-refractivity contribution >= 4 is 16.0 Å². The molecule has 0 saturated heterocycles. The normalized spacial score (nSPS) is 20.5. The molecule has 1 fully saturated rings. The maximum Gasteiger partial charge on any atom is 0.296 e. The van der Waals surface area contributed by atoms with Gasteiger partial charge in [-0.2, -0.15) is 8.42 Å². The van der Waals surface area contributed by atoms with E-state index in [2.05, 4.69) is 10.0 Å². The molecule has 1 saturated carbocycles. The third-order valence-electron chi connectivity index (χ3n) is 6.36. The average molecular weight is 471 g/mol. The molecule has 3 atom stereocenters. The minimum atomic E-state index is -3.92. The molecule has 0 aromatic heterocycles. The minimum Gasteiger partial charge on any atom is -0.342 e. The fourth-order valence-corrected chi connectivity index (χ4v) is 5.36. The first-order chi connectivity index (χ1) is 15.8. The van der Waals surface area contributed by atoms with Crippen LogP contribution in [-0.2, 0) is 24.5 Å². The van der Waals surface area contributed by atoms with E-state index >= 15 is 0 Å². The van der Waals surface area contributed by atoms with Gasteiger partial charge in [-0.05, 0) is 62.8 Å². The molecule has 0 unspecified atom stereocenters. The SMILES string of the molecule is CCN(CC)C(=O)[C@@]1(c2ccccc2)C[C@H]1[C@H](CCOS(=O)(=O)c1ccc(C)cc1)N=[N+]=[N-]. The monoisotopic (exact) mass is 470 g/mol. The lowest BCUT2D eigenvalue weighted by Crippen LogP contribution is -2.41. The predicted octanol–water partition coefficient (Wildman–Crippen LogP) is 4.60. The van der Waals surface area contributed by atoms with Gasteiger partial charge in [-0.1, -0.05) is 53.1 Å². The van der Waals surface area contributed by atoms with Crippen molar-refractivity contribution in [3.8, 4) is 0 Å². The van der Waals surface area contributed by atoms with Crippen LogP contribution in [0, 0.1) is 12.8 Å². The van der Waals surface area contributed by atoms with Gasteiger partial charge in [0.15, 0.2) is 0 Å². The molecule has 1 aliphatic carbocycles. The number of azide groups is 1. The maximum absolute atomic E-state index is 13.5. The Morgan fingerprint density at radius 1 is 1.18 bits per heavy atom. The summed E-state index contributed by atoms with van der Waals surface area (Å²) in [4.78, 5) is 18.4. The number of carbonyl (C=O) groups excluding carboxylic acids is 1. The molecule has 0 spiro atoms.